The summed E-state index contributed by atoms with van der Waals surface area (Å²) in [5, 5.41) is 12.0. The summed E-state index contributed by atoms with van der Waals surface area (Å²) >= 11 is 0. The fourth-order valence-corrected chi connectivity index (χ4v) is 3.28. The minimum atomic E-state index is -0.286. The molecule has 2 atom stereocenters. The van der Waals surface area contributed by atoms with Crippen LogP contribution in [0.5, 0.6) is 0 Å². The van der Waals surface area contributed by atoms with Crippen LogP contribution in [0.2, 0.25) is 0 Å². The number of benzene rings is 2. The molecule has 0 saturated carbocycles. The molecule has 0 aliphatic carbocycles. The fraction of sp³-hybridized carbons (Fsp3) is 0.391. The quantitative estimate of drug-likeness (QED) is 0.727. The van der Waals surface area contributed by atoms with E-state index >= 15 is 0 Å². The first-order valence-electron chi connectivity index (χ1n) is 9.64. The molecule has 0 aliphatic rings. The first-order chi connectivity index (χ1) is 13.3. The SMILES string of the molecule is CCN(CC(=O)NC(c1ccc(F)cc1)C(C)C)C(C)c1ccc(C#N)cc1. The molecular weight excluding hydrogens is 353 g/mol. The second-order valence-electron chi connectivity index (χ2n) is 7.31. The van der Waals surface area contributed by atoms with Crippen LogP contribution in [0.4, 0.5) is 4.39 Å². The molecule has 0 aromatic heterocycles. The topological polar surface area (TPSA) is 56.1 Å². The van der Waals surface area contributed by atoms with E-state index in [0.717, 1.165) is 17.7 Å². The Morgan fingerprint density at radius 1 is 1.07 bits per heavy atom. The molecular formula is C23H28FN3O. The Morgan fingerprint density at radius 3 is 2.14 bits per heavy atom. The predicted octanol–water partition coefficient (Wildman–Crippen LogP) is 4.59. The average Bonchev–Trinajstić information content (AvgIpc) is 2.70. The van der Waals surface area contributed by atoms with Crippen LogP contribution in [0.25, 0.3) is 0 Å². The number of carbonyl (C=O) groups excluding carboxylic acids is 1. The summed E-state index contributed by atoms with van der Waals surface area (Å²) in [7, 11) is 0. The zero-order chi connectivity index (χ0) is 20.7. The maximum absolute atomic E-state index is 13.2. The molecule has 1 N–H and O–H groups in total. The van der Waals surface area contributed by atoms with Crippen LogP contribution in [-0.4, -0.2) is 23.9 Å². The third kappa shape index (κ3) is 5.64. The third-order valence-electron chi connectivity index (χ3n) is 5.04. The normalized spacial score (nSPS) is 13.2. The molecule has 2 aromatic carbocycles. The van der Waals surface area contributed by atoms with Crippen molar-refractivity contribution in [3.8, 4) is 6.07 Å². The maximum atomic E-state index is 13.2. The summed E-state index contributed by atoms with van der Waals surface area (Å²) in [4.78, 5) is 14.8. The molecule has 0 spiro atoms. The molecule has 28 heavy (non-hydrogen) atoms. The zero-order valence-electron chi connectivity index (χ0n) is 16.9. The second-order valence-corrected chi connectivity index (χ2v) is 7.31. The maximum Gasteiger partial charge on any atom is 0.234 e. The fourth-order valence-electron chi connectivity index (χ4n) is 3.28. The van der Waals surface area contributed by atoms with Gasteiger partial charge in [0.2, 0.25) is 5.91 Å². The summed E-state index contributed by atoms with van der Waals surface area (Å²) in [5.41, 5.74) is 2.58. The van der Waals surface area contributed by atoms with Crippen molar-refractivity contribution < 1.29 is 9.18 Å². The summed E-state index contributed by atoms with van der Waals surface area (Å²) < 4.78 is 13.2. The zero-order valence-corrected chi connectivity index (χ0v) is 16.9. The lowest BCUT2D eigenvalue weighted by atomic mass is 9.96. The molecule has 148 valence electrons. The predicted molar refractivity (Wildman–Crippen MR) is 109 cm³/mol. The highest BCUT2D eigenvalue weighted by Gasteiger charge is 2.22. The molecule has 0 heterocycles. The Hall–Kier alpha value is -2.71. The van der Waals surface area contributed by atoms with Crippen molar-refractivity contribution in [1.29, 1.82) is 5.26 Å². The van der Waals surface area contributed by atoms with Crippen molar-refractivity contribution in [2.45, 2.75) is 39.8 Å². The first kappa shape index (κ1) is 21.6. The molecule has 0 saturated heterocycles. The lowest BCUT2D eigenvalue weighted by Gasteiger charge is -2.29. The van der Waals surface area contributed by atoms with Gasteiger partial charge in [-0.1, -0.05) is 45.0 Å². The summed E-state index contributed by atoms with van der Waals surface area (Å²) in [5.74, 6) is -0.170. The Morgan fingerprint density at radius 2 is 1.64 bits per heavy atom. The molecule has 0 fully saturated rings. The van der Waals surface area contributed by atoms with E-state index in [9.17, 15) is 9.18 Å². The molecule has 4 nitrogen and oxygen atoms in total. The van der Waals surface area contributed by atoms with Gasteiger partial charge in [-0.2, -0.15) is 5.26 Å². The van der Waals surface area contributed by atoms with Gasteiger partial charge in [0.25, 0.3) is 0 Å². The Balaban J connectivity index is 2.06. The van der Waals surface area contributed by atoms with Gasteiger partial charge in [0.05, 0.1) is 24.2 Å². The van der Waals surface area contributed by atoms with Crippen molar-refractivity contribution in [3.63, 3.8) is 0 Å². The lowest BCUT2D eigenvalue weighted by Crippen LogP contribution is -2.41. The highest BCUT2D eigenvalue weighted by Crippen LogP contribution is 2.23. The average molecular weight is 381 g/mol. The van der Waals surface area contributed by atoms with E-state index in [1.165, 1.54) is 12.1 Å². The Labute approximate surface area is 167 Å². The second kappa shape index (κ2) is 10.0. The number of carbonyl (C=O) groups is 1. The monoisotopic (exact) mass is 381 g/mol. The Bertz CT molecular complexity index is 809. The highest BCUT2D eigenvalue weighted by molar-refractivity contribution is 5.78. The van der Waals surface area contributed by atoms with E-state index in [4.69, 9.17) is 5.26 Å². The number of nitrogens with one attached hydrogen (secondary N) is 1. The first-order valence-corrected chi connectivity index (χ1v) is 9.64. The van der Waals surface area contributed by atoms with Crippen LogP contribution in [0.1, 0.15) is 56.5 Å². The number of nitriles is 1. The number of hydrogen-bond acceptors (Lipinski definition) is 3. The van der Waals surface area contributed by atoms with Gasteiger partial charge in [-0.3, -0.25) is 9.69 Å². The van der Waals surface area contributed by atoms with Gasteiger partial charge in [-0.25, -0.2) is 4.39 Å². The minimum Gasteiger partial charge on any atom is -0.348 e. The van der Waals surface area contributed by atoms with E-state index < -0.39 is 0 Å². The van der Waals surface area contributed by atoms with Crippen LogP contribution in [0, 0.1) is 23.1 Å². The summed E-state index contributed by atoms with van der Waals surface area (Å²) in [6.07, 6.45) is 0. The summed E-state index contributed by atoms with van der Waals surface area (Å²) in [6, 6.07) is 15.7. The van der Waals surface area contributed by atoms with Crippen molar-refractivity contribution in [3.05, 3.63) is 71.0 Å². The Kier molecular flexibility index (Phi) is 7.71. The smallest absolute Gasteiger partial charge is 0.234 e. The molecule has 0 bridgehead atoms. The van der Waals surface area contributed by atoms with Crippen molar-refractivity contribution in [2.75, 3.05) is 13.1 Å². The van der Waals surface area contributed by atoms with E-state index in [1.54, 1.807) is 24.3 Å². The van der Waals surface area contributed by atoms with Crippen LogP contribution in [-0.2, 0) is 4.79 Å². The standard InChI is InChI=1S/C23H28FN3O/c1-5-27(17(4)19-8-6-18(14-25)7-9-19)15-22(28)26-23(16(2)3)20-10-12-21(24)13-11-20/h6-13,16-17,23H,5,15H2,1-4H3,(H,26,28). The molecule has 2 aromatic rings. The van der Waals surface area contributed by atoms with Gasteiger partial charge in [0, 0.05) is 6.04 Å². The van der Waals surface area contributed by atoms with Crippen molar-refractivity contribution in [1.82, 2.24) is 10.2 Å². The highest BCUT2D eigenvalue weighted by atomic mass is 19.1. The van der Waals surface area contributed by atoms with Gasteiger partial charge in [0.1, 0.15) is 5.82 Å². The summed E-state index contributed by atoms with van der Waals surface area (Å²) in [6.45, 7) is 9.13. The van der Waals surface area contributed by atoms with E-state index in [1.807, 2.05) is 32.9 Å². The van der Waals surface area contributed by atoms with Gasteiger partial charge in [-0.15, -0.1) is 0 Å². The number of halogens is 1. The number of hydrogen-bond donors (Lipinski definition) is 1. The van der Waals surface area contributed by atoms with E-state index in [0.29, 0.717) is 5.56 Å². The number of amides is 1. The molecule has 0 radical (unpaired) electrons. The van der Waals surface area contributed by atoms with Crippen molar-refractivity contribution in [2.24, 2.45) is 5.92 Å². The van der Waals surface area contributed by atoms with E-state index in [-0.39, 0.29) is 36.3 Å². The molecule has 2 rings (SSSR count). The van der Waals surface area contributed by atoms with Crippen molar-refractivity contribution >= 4 is 5.91 Å². The van der Waals surface area contributed by atoms with Gasteiger partial charge >= 0.3 is 0 Å². The largest absolute Gasteiger partial charge is 0.348 e. The third-order valence-corrected chi connectivity index (χ3v) is 5.04. The van der Waals surface area contributed by atoms with Crippen LogP contribution in [0.15, 0.2) is 48.5 Å². The molecule has 2 unspecified atom stereocenters. The van der Waals surface area contributed by atoms with Crippen LogP contribution >= 0.6 is 0 Å². The van der Waals surface area contributed by atoms with Gasteiger partial charge < -0.3 is 5.32 Å². The molecule has 1 amide bonds. The molecule has 0 aliphatic heterocycles. The lowest BCUT2D eigenvalue weighted by molar-refractivity contribution is -0.123. The van der Waals surface area contributed by atoms with Crippen LogP contribution in [0.3, 0.4) is 0 Å². The number of likely N-dealkylation sites (N-methyl/N-ethyl adjacent to an activating group) is 1. The van der Waals surface area contributed by atoms with Crippen LogP contribution < -0.4 is 5.32 Å². The van der Waals surface area contributed by atoms with Gasteiger partial charge in [-0.05, 0) is 54.8 Å². The molecule has 5 heteroatoms. The minimum absolute atomic E-state index is 0.0480. The number of nitrogens with zero attached hydrogens (tertiary/aromatic N) is 2. The van der Waals surface area contributed by atoms with E-state index in [2.05, 4.69) is 23.2 Å². The number of rotatable bonds is 8. The van der Waals surface area contributed by atoms with Gasteiger partial charge in [0.15, 0.2) is 0 Å².